The SMILES string of the molecule is O/N=C/C=C/c1ccc(Cl)c(Cl)c1. The van der Waals surface area contributed by atoms with Crippen LogP contribution in [0.1, 0.15) is 5.56 Å². The molecular weight excluding hydrogens is 209 g/mol. The number of rotatable bonds is 2. The molecule has 68 valence electrons. The second kappa shape index (κ2) is 4.90. The van der Waals surface area contributed by atoms with Gasteiger partial charge in [0.05, 0.1) is 16.3 Å². The topological polar surface area (TPSA) is 32.6 Å². The molecule has 0 bridgehead atoms. The zero-order valence-electron chi connectivity index (χ0n) is 6.61. The quantitative estimate of drug-likeness (QED) is 0.458. The predicted molar refractivity (Wildman–Crippen MR) is 55.8 cm³/mol. The van der Waals surface area contributed by atoms with E-state index in [9.17, 15) is 0 Å². The first-order chi connectivity index (χ1) is 6.24. The molecule has 1 aromatic rings. The molecule has 2 nitrogen and oxygen atoms in total. The van der Waals surface area contributed by atoms with Crippen LogP contribution in [-0.2, 0) is 0 Å². The van der Waals surface area contributed by atoms with E-state index in [1.54, 1.807) is 24.3 Å². The zero-order chi connectivity index (χ0) is 9.68. The van der Waals surface area contributed by atoms with Gasteiger partial charge >= 0.3 is 0 Å². The highest BCUT2D eigenvalue weighted by molar-refractivity contribution is 6.42. The average molecular weight is 216 g/mol. The number of benzene rings is 1. The van der Waals surface area contributed by atoms with Crippen molar-refractivity contribution < 1.29 is 5.21 Å². The number of nitrogens with zero attached hydrogens (tertiary/aromatic N) is 1. The normalized spacial score (nSPS) is 11.5. The highest BCUT2D eigenvalue weighted by atomic mass is 35.5. The van der Waals surface area contributed by atoms with E-state index in [1.165, 1.54) is 6.21 Å². The first kappa shape index (κ1) is 10.1. The monoisotopic (exact) mass is 215 g/mol. The predicted octanol–water partition coefficient (Wildman–Crippen LogP) is 3.47. The maximum atomic E-state index is 8.11. The van der Waals surface area contributed by atoms with Crippen molar-refractivity contribution in [3.05, 3.63) is 39.9 Å². The van der Waals surface area contributed by atoms with E-state index in [4.69, 9.17) is 28.4 Å². The molecule has 1 rings (SSSR count). The lowest BCUT2D eigenvalue weighted by molar-refractivity contribution is 0.322. The Hall–Kier alpha value is -0.990. The summed E-state index contributed by atoms with van der Waals surface area (Å²) < 4.78 is 0. The molecule has 0 aliphatic carbocycles. The molecule has 0 amide bonds. The van der Waals surface area contributed by atoms with Crippen molar-refractivity contribution in [2.45, 2.75) is 0 Å². The van der Waals surface area contributed by atoms with Gasteiger partial charge in [-0.25, -0.2) is 0 Å². The van der Waals surface area contributed by atoms with Gasteiger partial charge in [-0.2, -0.15) is 0 Å². The minimum atomic E-state index is 0.504. The van der Waals surface area contributed by atoms with E-state index in [2.05, 4.69) is 5.16 Å². The fourth-order valence-corrected chi connectivity index (χ4v) is 1.12. The molecule has 0 unspecified atom stereocenters. The fourth-order valence-electron chi connectivity index (χ4n) is 0.809. The maximum Gasteiger partial charge on any atom is 0.0661 e. The third-order valence-electron chi connectivity index (χ3n) is 1.39. The van der Waals surface area contributed by atoms with Crippen LogP contribution in [0.4, 0.5) is 0 Å². The first-order valence-electron chi connectivity index (χ1n) is 3.53. The molecule has 0 aliphatic rings. The summed E-state index contributed by atoms with van der Waals surface area (Å²) in [7, 11) is 0. The van der Waals surface area contributed by atoms with Gasteiger partial charge in [-0.15, -0.1) is 0 Å². The smallest absolute Gasteiger partial charge is 0.0661 e. The molecule has 0 radical (unpaired) electrons. The summed E-state index contributed by atoms with van der Waals surface area (Å²) in [5.41, 5.74) is 0.898. The second-order valence-electron chi connectivity index (χ2n) is 2.30. The third-order valence-corrected chi connectivity index (χ3v) is 2.12. The molecule has 0 aromatic heterocycles. The van der Waals surface area contributed by atoms with Crippen LogP contribution >= 0.6 is 23.2 Å². The van der Waals surface area contributed by atoms with Crippen molar-refractivity contribution in [2.75, 3.05) is 0 Å². The van der Waals surface area contributed by atoms with Crippen molar-refractivity contribution in [1.82, 2.24) is 0 Å². The molecular formula is C9H7Cl2NO. The van der Waals surface area contributed by atoms with Gasteiger partial charge in [-0.1, -0.05) is 40.5 Å². The highest BCUT2D eigenvalue weighted by Crippen LogP contribution is 2.22. The Morgan fingerprint density at radius 1 is 1.23 bits per heavy atom. The van der Waals surface area contributed by atoms with E-state index >= 15 is 0 Å². The van der Waals surface area contributed by atoms with Gasteiger partial charge in [0, 0.05) is 0 Å². The van der Waals surface area contributed by atoms with E-state index in [0.29, 0.717) is 10.0 Å². The molecule has 0 saturated heterocycles. The largest absolute Gasteiger partial charge is 0.411 e. The van der Waals surface area contributed by atoms with Crippen LogP contribution in [0.3, 0.4) is 0 Å². The minimum Gasteiger partial charge on any atom is -0.411 e. The van der Waals surface area contributed by atoms with Gasteiger partial charge in [0.15, 0.2) is 0 Å². The lowest BCUT2D eigenvalue weighted by Gasteiger charge is -1.96. The summed E-state index contributed by atoms with van der Waals surface area (Å²) >= 11 is 11.5. The van der Waals surface area contributed by atoms with E-state index < -0.39 is 0 Å². The van der Waals surface area contributed by atoms with Crippen molar-refractivity contribution in [2.24, 2.45) is 5.16 Å². The van der Waals surface area contributed by atoms with E-state index in [-0.39, 0.29) is 0 Å². The number of hydrogen-bond acceptors (Lipinski definition) is 2. The van der Waals surface area contributed by atoms with Gasteiger partial charge in [0.2, 0.25) is 0 Å². The van der Waals surface area contributed by atoms with Gasteiger partial charge in [0.1, 0.15) is 0 Å². The lowest BCUT2D eigenvalue weighted by Crippen LogP contribution is -1.73. The van der Waals surface area contributed by atoms with Crippen LogP contribution in [0.15, 0.2) is 29.4 Å². The maximum absolute atomic E-state index is 8.11. The molecule has 1 N–H and O–H groups in total. The molecule has 0 saturated carbocycles. The Morgan fingerprint density at radius 3 is 2.62 bits per heavy atom. The molecule has 0 spiro atoms. The van der Waals surface area contributed by atoms with Crippen LogP contribution in [0.25, 0.3) is 6.08 Å². The molecule has 4 heteroatoms. The molecule has 1 aromatic carbocycles. The zero-order valence-corrected chi connectivity index (χ0v) is 8.13. The third kappa shape index (κ3) is 3.09. The van der Waals surface area contributed by atoms with Gasteiger partial charge in [0.25, 0.3) is 0 Å². The number of hydrogen-bond donors (Lipinski definition) is 1. The Balaban J connectivity index is 2.85. The van der Waals surface area contributed by atoms with Crippen LogP contribution in [0.5, 0.6) is 0 Å². The Labute approximate surface area is 86.1 Å². The van der Waals surface area contributed by atoms with Crippen LogP contribution < -0.4 is 0 Å². The molecule has 0 atom stereocenters. The standard InChI is InChI=1S/C9H7Cl2NO/c10-8-4-3-7(6-9(8)11)2-1-5-12-13/h1-6,13H/b2-1+,12-5+. The second-order valence-corrected chi connectivity index (χ2v) is 3.11. The van der Waals surface area contributed by atoms with Crippen molar-refractivity contribution in [1.29, 1.82) is 0 Å². The van der Waals surface area contributed by atoms with Crippen LogP contribution in [0.2, 0.25) is 10.0 Å². The molecule has 0 heterocycles. The number of halogens is 2. The average Bonchev–Trinajstić information content (AvgIpc) is 2.12. The number of oxime groups is 1. The summed E-state index contributed by atoms with van der Waals surface area (Å²) in [5.74, 6) is 0. The summed E-state index contributed by atoms with van der Waals surface area (Å²) in [6, 6.07) is 5.25. The van der Waals surface area contributed by atoms with Crippen LogP contribution in [0, 0.1) is 0 Å². The Morgan fingerprint density at radius 2 is 2.00 bits per heavy atom. The van der Waals surface area contributed by atoms with Gasteiger partial charge < -0.3 is 5.21 Å². The number of allylic oxidation sites excluding steroid dienone is 1. The Kier molecular flexibility index (Phi) is 3.80. The molecule has 0 fully saturated rings. The van der Waals surface area contributed by atoms with Gasteiger partial charge in [-0.05, 0) is 23.8 Å². The minimum absolute atomic E-state index is 0.504. The highest BCUT2D eigenvalue weighted by Gasteiger charge is 1.95. The molecule has 13 heavy (non-hydrogen) atoms. The van der Waals surface area contributed by atoms with E-state index in [0.717, 1.165) is 5.56 Å². The van der Waals surface area contributed by atoms with E-state index in [1.807, 2.05) is 6.07 Å². The van der Waals surface area contributed by atoms with Crippen LogP contribution in [-0.4, -0.2) is 11.4 Å². The molecule has 0 aliphatic heterocycles. The lowest BCUT2D eigenvalue weighted by atomic mass is 10.2. The first-order valence-corrected chi connectivity index (χ1v) is 4.29. The van der Waals surface area contributed by atoms with Gasteiger partial charge in [-0.3, -0.25) is 0 Å². The van der Waals surface area contributed by atoms with Crippen molar-refractivity contribution in [3.63, 3.8) is 0 Å². The fraction of sp³-hybridized carbons (Fsp3) is 0. The summed E-state index contributed by atoms with van der Waals surface area (Å²) in [4.78, 5) is 0. The van der Waals surface area contributed by atoms with Crippen molar-refractivity contribution in [3.8, 4) is 0 Å². The van der Waals surface area contributed by atoms with Crippen molar-refractivity contribution >= 4 is 35.5 Å². The Bertz CT molecular complexity index is 347. The summed E-state index contributed by atoms with van der Waals surface area (Å²) in [6.45, 7) is 0. The summed E-state index contributed by atoms with van der Waals surface area (Å²) in [5, 5.41) is 12.0. The summed E-state index contributed by atoms with van der Waals surface area (Å²) in [6.07, 6.45) is 4.62.